The summed E-state index contributed by atoms with van der Waals surface area (Å²) in [5, 5.41) is 7.80. The number of aromatic nitrogens is 4. The monoisotopic (exact) mass is 357 g/mol. The third-order valence-corrected chi connectivity index (χ3v) is 5.19. The van der Waals surface area contributed by atoms with Crippen molar-refractivity contribution in [3.63, 3.8) is 0 Å². The molecule has 1 fully saturated rings. The van der Waals surface area contributed by atoms with Crippen LogP contribution in [0.3, 0.4) is 0 Å². The predicted octanol–water partition coefficient (Wildman–Crippen LogP) is 3.46. The summed E-state index contributed by atoms with van der Waals surface area (Å²) in [5.74, 6) is 0.956. The van der Waals surface area contributed by atoms with Gasteiger partial charge >= 0.3 is 0 Å². The number of nitrogens with zero attached hydrogens (tertiary/aromatic N) is 3. The summed E-state index contributed by atoms with van der Waals surface area (Å²) < 4.78 is 0. The number of likely N-dealkylation sites (tertiary alicyclic amines) is 1. The van der Waals surface area contributed by atoms with Gasteiger partial charge in [-0.25, -0.2) is 4.98 Å². The van der Waals surface area contributed by atoms with Gasteiger partial charge in [0, 0.05) is 22.8 Å². The summed E-state index contributed by atoms with van der Waals surface area (Å²) in [6, 6.07) is 5.59. The van der Waals surface area contributed by atoms with Gasteiger partial charge in [0.2, 0.25) is 5.91 Å². The number of benzene rings is 1. The van der Waals surface area contributed by atoms with Gasteiger partial charge in [0.25, 0.3) is 0 Å². The van der Waals surface area contributed by atoms with Crippen molar-refractivity contribution in [2.45, 2.75) is 39.2 Å². The molecule has 0 radical (unpaired) electrons. The van der Waals surface area contributed by atoms with Crippen molar-refractivity contribution in [1.29, 1.82) is 0 Å². The van der Waals surface area contributed by atoms with Gasteiger partial charge in [-0.3, -0.25) is 9.89 Å². The molecule has 0 saturated carbocycles. The number of hydrogen-bond donors (Lipinski definition) is 2. The minimum Gasteiger partial charge on any atom is -0.340 e. The number of fused-ring (bicyclic) bond motifs is 1. The van der Waals surface area contributed by atoms with Crippen molar-refractivity contribution >= 4 is 28.5 Å². The molecular formula is C18H20ClN5O. The molecule has 1 aliphatic rings. The third-order valence-electron chi connectivity index (χ3n) is 4.96. The molecular weight excluding hydrogens is 338 g/mol. The van der Waals surface area contributed by atoms with Crippen molar-refractivity contribution in [2.75, 3.05) is 6.54 Å². The van der Waals surface area contributed by atoms with Crippen LogP contribution in [0.1, 0.15) is 41.7 Å². The summed E-state index contributed by atoms with van der Waals surface area (Å²) in [5.41, 5.74) is 4.62. The van der Waals surface area contributed by atoms with E-state index < -0.39 is 0 Å². The fourth-order valence-electron chi connectivity index (χ4n) is 3.60. The fourth-order valence-corrected chi connectivity index (χ4v) is 3.77. The van der Waals surface area contributed by atoms with E-state index in [1.165, 1.54) is 0 Å². The molecule has 0 aliphatic carbocycles. The van der Waals surface area contributed by atoms with E-state index in [2.05, 4.69) is 20.2 Å². The average Bonchev–Trinajstić information content (AvgIpc) is 3.28. The third kappa shape index (κ3) is 2.91. The molecule has 6 nitrogen and oxygen atoms in total. The van der Waals surface area contributed by atoms with Crippen LogP contribution in [0.2, 0.25) is 5.02 Å². The molecule has 1 aromatic carbocycles. The van der Waals surface area contributed by atoms with Gasteiger partial charge in [-0.1, -0.05) is 11.6 Å². The SMILES string of the molecule is Cc1n[nH]c(C)c1CC(=O)N1CCC[C@H]1c1nc2ccc(Cl)cc2[nH]1. The summed E-state index contributed by atoms with van der Waals surface area (Å²) in [4.78, 5) is 22.8. The molecule has 1 atom stereocenters. The van der Waals surface area contributed by atoms with E-state index in [4.69, 9.17) is 11.6 Å². The molecule has 1 amide bonds. The van der Waals surface area contributed by atoms with Crippen LogP contribution >= 0.6 is 11.6 Å². The number of hydrogen-bond acceptors (Lipinski definition) is 3. The first-order valence-corrected chi connectivity index (χ1v) is 8.86. The molecule has 130 valence electrons. The topological polar surface area (TPSA) is 77.7 Å². The lowest BCUT2D eigenvalue weighted by Gasteiger charge is -2.23. The second-order valence-corrected chi connectivity index (χ2v) is 7.05. The van der Waals surface area contributed by atoms with E-state index in [1.54, 1.807) is 0 Å². The number of halogens is 1. The van der Waals surface area contributed by atoms with Gasteiger partial charge in [0.1, 0.15) is 5.82 Å². The van der Waals surface area contributed by atoms with Crippen molar-refractivity contribution in [3.8, 4) is 0 Å². The largest absolute Gasteiger partial charge is 0.340 e. The Hall–Kier alpha value is -2.34. The maximum absolute atomic E-state index is 12.9. The summed E-state index contributed by atoms with van der Waals surface area (Å²) in [6.45, 7) is 4.64. The van der Waals surface area contributed by atoms with Gasteiger partial charge in [-0.15, -0.1) is 0 Å². The lowest BCUT2D eigenvalue weighted by molar-refractivity contribution is -0.131. The molecule has 1 aliphatic heterocycles. The van der Waals surface area contributed by atoms with Gasteiger partial charge in [0.15, 0.2) is 0 Å². The molecule has 0 unspecified atom stereocenters. The number of aromatic amines is 2. The number of carbonyl (C=O) groups is 1. The molecule has 2 aromatic heterocycles. The molecule has 4 rings (SSSR count). The highest BCUT2D eigenvalue weighted by atomic mass is 35.5. The zero-order valence-corrected chi connectivity index (χ0v) is 15.0. The van der Waals surface area contributed by atoms with Gasteiger partial charge in [-0.2, -0.15) is 5.10 Å². The molecule has 3 aromatic rings. The second-order valence-electron chi connectivity index (χ2n) is 6.62. The van der Waals surface area contributed by atoms with E-state index in [-0.39, 0.29) is 11.9 Å². The van der Waals surface area contributed by atoms with Crippen molar-refractivity contribution in [1.82, 2.24) is 25.1 Å². The van der Waals surface area contributed by atoms with Crippen LogP contribution in [0.15, 0.2) is 18.2 Å². The predicted molar refractivity (Wildman–Crippen MR) is 96.6 cm³/mol. The summed E-state index contributed by atoms with van der Waals surface area (Å²) in [7, 11) is 0. The number of nitrogens with one attached hydrogen (secondary N) is 2. The van der Waals surface area contributed by atoms with E-state index >= 15 is 0 Å². The van der Waals surface area contributed by atoms with Gasteiger partial charge < -0.3 is 9.88 Å². The van der Waals surface area contributed by atoms with Crippen LogP contribution in [-0.2, 0) is 11.2 Å². The summed E-state index contributed by atoms with van der Waals surface area (Å²) in [6.07, 6.45) is 2.27. The Bertz CT molecular complexity index is 925. The molecule has 3 heterocycles. The zero-order valence-electron chi connectivity index (χ0n) is 14.3. The Kier molecular flexibility index (Phi) is 4.00. The van der Waals surface area contributed by atoms with Crippen LogP contribution in [0.25, 0.3) is 11.0 Å². The molecule has 7 heteroatoms. The van der Waals surface area contributed by atoms with Crippen molar-refractivity contribution in [3.05, 3.63) is 46.0 Å². The Morgan fingerprint density at radius 1 is 1.40 bits per heavy atom. The lowest BCUT2D eigenvalue weighted by atomic mass is 10.1. The highest BCUT2D eigenvalue weighted by Gasteiger charge is 2.32. The first kappa shape index (κ1) is 16.1. The minimum atomic E-state index is -0.00816. The molecule has 2 N–H and O–H groups in total. The minimum absolute atomic E-state index is 0.00816. The number of H-pyrrole nitrogens is 2. The fraction of sp³-hybridized carbons (Fsp3) is 0.389. The Labute approximate surface area is 150 Å². The number of aryl methyl sites for hydroxylation is 2. The number of carbonyl (C=O) groups excluding carboxylic acids is 1. The lowest BCUT2D eigenvalue weighted by Crippen LogP contribution is -2.32. The number of rotatable bonds is 3. The molecule has 0 bridgehead atoms. The van der Waals surface area contributed by atoms with Crippen LogP contribution in [0.4, 0.5) is 0 Å². The summed E-state index contributed by atoms with van der Waals surface area (Å²) >= 11 is 6.05. The zero-order chi connectivity index (χ0) is 17.6. The molecule has 1 saturated heterocycles. The first-order valence-electron chi connectivity index (χ1n) is 8.48. The van der Waals surface area contributed by atoms with E-state index in [0.717, 1.165) is 53.2 Å². The van der Waals surface area contributed by atoms with E-state index in [9.17, 15) is 4.79 Å². The van der Waals surface area contributed by atoms with Crippen LogP contribution < -0.4 is 0 Å². The normalized spacial score (nSPS) is 17.6. The van der Waals surface area contributed by atoms with Crippen molar-refractivity contribution < 1.29 is 4.79 Å². The maximum Gasteiger partial charge on any atom is 0.227 e. The second kappa shape index (κ2) is 6.19. The molecule has 0 spiro atoms. The van der Waals surface area contributed by atoms with E-state index in [0.29, 0.717) is 11.4 Å². The van der Waals surface area contributed by atoms with Crippen molar-refractivity contribution in [2.24, 2.45) is 0 Å². The Morgan fingerprint density at radius 2 is 2.24 bits per heavy atom. The highest BCUT2D eigenvalue weighted by molar-refractivity contribution is 6.31. The standard InChI is InChI=1S/C18H20ClN5O/c1-10-13(11(2)23-22-10)9-17(25)24-7-3-4-16(24)18-20-14-6-5-12(19)8-15(14)21-18/h5-6,8,16H,3-4,7,9H2,1-2H3,(H,20,21)(H,22,23)/t16-/m0/s1. The number of amides is 1. The smallest absolute Gasteiger partial charge is 0.227 e. The van der Waals surface area contributed by atoms with Gasteiger partial charge in [0.05, 0.1) is 29.2 Å². The average molecular weight is 358 g/mol. The first-order chi connectivity index (χ1) is 12.0. The van der Waals surface area contributed by atoms with Gasteiger partial charge in [-0.05, 0) is 44.9 Å². The highest BCUT2D eigenvalue weighted by Crippen LogP contribution is 2.32. The molecule has 25 heavy (non-hydrogen) atoms. The quantitative estimate of drug-likeness (QED) is 0.753. The Balaban J connectivity index is 1.60. The van der Waals surface area contributed by atoms with Crippen LogP contribution in [0.5, 0.6) is 0 Å². The Morgan fingerprint density at radius 3 is 3.00 bits per heavy atom. The maximum atomic E-state index is 12.9. The van der Waals surface area contributed by atoms with E-state index in [1.807, 2.05) is 36.9 Å². The number of imidazole rings is 1. The van der Waals surface area contributed by atoms with Crippen LogP contribution in [-0.4, -0.2) is 37.5 Å². The van der Waals surface area contributed by atoms with Crippen LogP contribution in [0, 0.1) is 13.8 Å².